The van der Waals surface area contributed by atoms with Crippen LogP contribution in [-0.4, -0.2) is 16.9 Å². The molecule has 0 saturated heterocycles. The van der Waals surface area contributed by atoms with Crippen LogP contribution in [-0.2, 0) is 0 Å². The molecule has 0 spiro atoms. The second kappa shape index (κ2) is 7.24. The van der Waals surface area contributed by atoms with Gasteiger partial charge in [0.1, 0.15) is 5.75 Å². The van der Waals surface area contributed by atoms with Crippen LogP contribution in [0.1, 0.15) is 19.3 Å². The highest BCUT2D eigenvalue weighted by Gasteiger charge is 2.14. The van der Waals surface area contributed by atoms with Crippen LogP contribution in [0.3, 0.4) is 0 Å². The quantitative estimate of drug-likeness (QED) is 0.318. The van der Waals surface area contributed by atoms with Crippen LogP contribution < -0.4 is 4.74 Å². The van der Waals surface area contributed by atoms with Gasteiger partial charge >= 0.3 is 0 Å². The summed E-state index contributed by atoms with van der Waals surface area (Å²) in [6.45, 7) is 0.634. The molecule has 106 valence electrons. The Labute approximate surface area is 126 Å². The van der Waals surface area contributed by atoms with Crippen LogP contribution in [0, 0.1) is 10.1 Å². The lowest BCUT2D eigenvalue weighted by Gasteiger charge is -2.09. The summed E-state index contributed by atoms with van der Waals surface area (Å²) in [4.78, 5) is 10.7. The van der Waals surface area contributed by atoms with E-state index in [9.17, 15) is 10.1 Å². The van der Waals surface area contributed by atoms with Crippen LogP contribution in [0.25, 0.3) is 10.8 Å². The van der Waals surface area contributed by atoms with Crippen LogP contribution in [0.15, 0.2) is 36.4 Å². The van der Waals surface area contributed by atoms with Crippen LogP contribution in [0.4, 0.5) is 5.69 Å². The molecule has 2 aromatic carbocycles. The van der Waals surface area contributed by atoms with Crippen molar-refractivity contribution < 1.29 is 9.66 Å². The molecule has 0 saturated carbocycles. The van der Waals surface area contributed by atoms with Gasteiger partial charge in [0, 0.05) is 16.8 Å². The molecular formula is C15H16BrNO3. The molecule has 4 nitrogen and oxygen atoms in total. The number of benzene rings is 2. The molecule has 2 rings (SSSR count). The van der Waals surface area contributed by atoms with E-state index >= 15 is 0 Å². The van der Waals surface area contributed by atoms with Crippen molar-refractivity contribution in [3.63, 3.8) is 0 Å². The molecule has 0 atom stereocenters. The zero-order valence-corrected chi connectivity index (χ0v) is 12.6. The number of non-ortho nitro benzene ring substituents is 1. The van der Waals surface area contributed by atoms with Crippen molar-refractivity contribution in [2.45, 2.75) is 19.3 Å². The van der Waals surface area contributed by atoms with E-state index in [4.69, 9.17) is 4.74 Å². The number of unbranched alkanes of at least 4 members (excludes halogenated alkanes) is 2. The van der Waals surface area contributed by atoms with Crippen molar-refractivity contribution in [3.05, 3.63) is 46.5 Å². The van der Waals surface area contributed by atoms with Crippen molar-refractivity contribution in [1.29, 1.82) is 0 Å². The summed E-state index contributed by atoms with van der Waals surface area (Å²) in [6, 6.07) is 10.5. The summed E-state index contributed by atoms with van der Waals surface area (Å²) in [6.07, 6.45) is 3.22. The van der Waals surface area contributed by atoms with Gasteiger partial charge in [0.2, 0.25) is 0 Å². The molecule has 5 heteroatoms. The van der Waals surface area contributed by atoms with Crippen LogP contribution in [0.5, 0.6) is 5.75 Å². The molecule has 20 heavy (non-hydrogen) atoms. The predicted molar refractivity (Wildman–Crippen MR) is 83.7 cm³/mol. The molecular weight excluding hydrogens is 322 g/mol. The lowest BCUT2D eigenvalue weighted by molar-refractivity contribution is -0.383. The van der Waals surface area contributed by atoms with Crippen molar-refractivity contribution in [2.75, 3.05) is 11.9 Å². The normalized spacial score (nSPS) is 10.7. The topological polar surface area (TPSA) is 52.4 Å². The first-order valence-corrected chi connectivity index (χ1v) is 7.71. The number of nitro groups is 1. The number of fused-ring (bicyclic) bond motifs is 1. The highest BCUT2D eigenvalue weighted by Crippen LogP contribution is 2.32. The number of rotatable bonds is 7. The molecule has 2 aromatic rings. The van der Waals surface area contributed by atoms with E-state index < -0.39 is 0 Å². The Kier molecular flexibility index (Phi) is 5.35. The molecule has 0 fully saturated rings. The van der Waals surface area contributed by atoms with E-state index in [1.54, 1.807) is 18.2 Å². The molecule has 0 unspecified atom stereocenters. The molecule has 0 aromatic heterocycles. The Hall–Kier alpha value is -1.62. The third kappa shape index (κ3) is 3.48. The summed E-state index contributed by atoms with van der Waals surface area (Å²) in [7, 11) is 0. The Morgan fingerprint density at radius 2 is 1.80 bits per heavy atom. The lowest BCUT2D eigenvalue weighted by Crippen LogP contribution is -1.99. The molecule has 0 N–H and O–H groups in total. The highest BCUT2D eigenvalue weighted by molar-refractivity contribution is 9.09. The van der Waals surface area contributed by atoms with Gasteiger partial charge in [-0.3, -0.25) is 10.1 Å². The van der Waals surface area contributed by atoms with Gasteiger partial charge in [-0.1, -0.05) is 34.1 Å². The molecule has 0 bridgehead atoms. The number of hydrogen-bond acceptors (Lipinski definition) is 3. The average Bonchev–Trinajstić information content (AvgIpc) is 2.46. The van der Waals surface area contributed by atoms with Gasteiger partial charge in [0.25, 0.3) is 5.69 Å². The highest BCUT2D eigenvalue weighted by atomic mass is 79.9. The zero-order chi connectivity index (χ0) is 14.4. The maximum absolute atomic E-state index is 11.0. The van der Waals surface area contributed by atoms with Crippen molar-refractivity contribution in [3.8, 4) is 5.75 Å². The lowest BCUT2D eigenvalue weighted by atomic mass is 10.1. The molecule has 0 radical (unpaired) electrons. The van der Waals surface area contributed by atoms with Gasteiger partial charge in [-0.05, 0) is 31.4 Å². The zero-order valence-electron chi connectivity index (χ0n) is 11.0. The minimum Gasteiger partial charge on any atom is -0.493 e. The van der Waals surface area contributed by atoms with E-state index in [2.05, 4.69) is 15.9 Å². The summed E-state index contributed by atoms with van der Waals surface area (Å²) in [5.74, 6) is 0.713. The first kappa shape index (κ1) is 14.8. The smallest absolute Gasteiger partial charge is 0.277 e. The molecule has 0 aliphatic heterocycles. The predicted octanol–water partition coefficient (Wildman–Crippen LogP) is 4.69. The molecule has 0 aliphatic carbocycles. The second-order valence-electron chi connectivity index (χ2n) is 4.48. The van der Waals surface area contributed by atoms with Gasteiger partial charge in [-0.15, -0.1) is 0 Å². The average molecular weight is 338 g/mol. The van der Waals surface area contributed by atoms with Crippen LogP contribution in [0.2, 0.25) is 0 Å². The van der Waals surface area contributed by atoms with Gasteiger partial charge in [-0.2, -0.15) is 0 Å². The largest absolute Gasteiger partial charge is 0.493 e. The number of nitrogens with zero attached hydrogens (tertiary/aromatic N) is 1. The Balaban J connectivity index is 2.18. The molecule has 0 heterocycles. The van der Waals surface area contributed by atoms with Crippen molar-refractivity contribution in [2.24, 2.45) is 0 Å². The monoisotopic (exact) mass is 337 g/mol. The number of ether oxygens (including phenoxy) is 1. The van der Waals surface area contributed by atoms with E-state index in [-0.39, 0.29) is 10.6 Å². The third-order valence-corrected chi connectivity index (χ3v) is 3.65. The summed E-state index contributed by atoms with van der Waals surface area (Å²) < 4.78 is 5.76. The van der Waals surface area contributed by atoms with Gasteiger partial charge in [0.15, 0.2) is 0 Å². The fourth-order valence-corrected chi connectivity index (χ4v) is 2.49. The van der Waals surface area contributed by atoms with E-state index in [1.165, 1.54) is 6.07 Å². The number of nitro benzene ring substituents is 1. The standard InChI is InChI=1S/C15H16BrNO3/c16-10-4-1-5-11-20-15-9-8-14(17(18)19)12-6-2-3-7-13(12)15/h2-3,6-9H,1,4-5,10-11H2. The van der Waals surface area contributed by atoms with Gasteiger partial charge < -0.3 is 4.74 Å². The summed E-state index contributed by atoms with van der Waals surface area (Å²) in [5, 5.41) is 13.4. The summed E-state index contributed by atoms with van der Waals surface area (Å²) >= 11 is 3.40. The Morgan fingerprint density at radius 3 is 2.50 bits per heavy atom. The van der Waals surface area contributed by atoms with Gasteiger partial charge in [0.05, 0.1) is 16.9 Å². The summed E-state index contributed by atoms with van der Waals surface area (Å²) in [5.41, 5.74) is 0.118. The van der Waals surface area contributed by atoms with E-state index in [1.807, 2.05) is 12.1 Å². The number of hydrogen-bond donors (Lipinski definition) is 0. The number of alkyl halides is 1. The fraction of sp³-hybridized carbons (Fsp3) is 0.333. The number of halogens is 1. The first-order valence-electron chi connectivity index (χ1n) is 6.59. The minimum absolute atomic E-state index is 0.118. The van der Waals surface area contributed by atoms with Crippen molar-refractivity contribution >= 4 is 32.4 Å². The van der Waals surface area contributed by atoms with Crippen molar-refractivity contribution in [1.82, 2.24) is 0 Å². The SMILES string of the molecule is O=[N+]([O-])c1ccc(OCCCCCBr)c2ccccc12. The van der Waals surface area contributed by atoms with E-state index in [0.29, 0.717) is 17.7 Å². The maximum Gasteiger partial charge on any atom is 0.277 e. The fourth-order valence-electron chi connectivity index (χ4n) is 2.10. The second-order valence-corrected chi connectivity index (χ2v) is 5.28. The minimum atomic E-state index is -0.359. The maximum atomic E-state index is 11.0. The third-order valence-electron chi connectivity index (χ3n) is 3.09. The molecule has 0 aliphatic rings. The Morgan fingerprint density at radius 1 is 1.05 bits per heavy atom. The van der Waals surface area contributed by atoms with E-state index in [0.717, 1.165) is 30.0 Å². The molecule has 0 amide bonds. The first-order chi connectivity index (χ1) is 9.74. The Bertz CT molecular complexity index is 601. The van der Waals surface area contributed by atoms with Gasteiger partial charge in [-0.25, -0.2) is 0 Å². The van der Waals surface area contributed by atoms with Crippen LogP contribution >= 0.6 is 15.9 Å².